The van der Waals surface area contributed by atoms with E-state index in [1.54, 1.807) is 24.3 Å². The van der Waals surface area contributed by atoms with Crippen LogP contribution in [-0.2, 0) is 10.7 Å². The summed E-state index contributed by atoms with van der Waals surface area (Å²) in [7, 11) is -2.49. The van der Waals surface area contributed by atoms with E-state index >= 15 is 0 Å². The molecule has 0 aromatic heterocycles. The predicted molar refractivity (Wildman–Crippen MR) is 92.4 cm³/mol. The lowest BCUT2D eigenvalue weighted by Gasteiger charge is -2.06. The van der Waals surface area contributed by atoms with E-state index in [1.165, 1.54) is 57.8 Å². The molecule has 0 fully saturated rings. The van der Waals surface area contributed by atoms with Gasteiger partial charge in [-0.15, -0.1) is 0 Å². The topological polar surface area (TPSA) is 43.4 Å². The standard InChI is InChI=1S/C18H30O3S/c1-2-3-4-5-6-7-8-9-10-11-16-21-17-12-14-18(15-13-17)22(19)20/h12-15,22H,2-11,16H2,1H3. The molecule has 1 aromatic carbocycles. The average molecular weight is 327 g/mol. The molecule has 0 atom stereocenters. The Morgan fingerprint density at radius 3 is 1.77 bits per heavy atom. The largest absolute Gasteiger partial charge is 0.494 e. The number of hydrogen-bond acceptors (Lipinski definition) is 3. The lowest BCUT2D eigenvalue weighted by atomic mass is 10.1. The second-order valence-corrected chi connectivity index (χ2v) is 6.81. The van der Waals surface area contributed by atoms with Crippen molar-refractivity contribution in [3.63, 3.8) is 0 Å². The Labute approximate surface area is 137 Å². The molecule has 0 aliphatic rings. The zero-order chi connectivity index (χ0) is 16.0. The van der Waals surface area contributed by atoms with Gasteiger partial charge in [0.05, 0.1) is 11.5 Å². The summed E-state index contributed by atoms with van der Waals surface area (Å²) in [5, 5.41) is 0. The minimum atomic E-state index is -2.49. The molecule has 0 unspecified atom stereocenters. The maximum absolute atomic E-state index is 10.8. The Morgan fingerprint density at radius 2 is 1.27 bits per heavy atom. The smallest absolute Gasteiger partial charge is 0.168 e. The molecular weight excluding hydrogens is 296 g/mol. The highest BCUT2D eigenvalue weighted by atomic mass is 32.2. The monoisotopic (exact) mass is 326 g/mol. The van der Waals surface area contributed by atoms with Gasteiger partial charge in [-0.2, -0.15) is 0 Å². The van der Waals surface area contributed by atoms with Gasteiger partial charge < -0.3 is 4.74 Å². The molecular formula is C18H30O3S. The second kappa shape index (κ2) is 12.5. The van der Waals surface area contributed by atoms with Crippen LogP contribution in [0.5, 0.6) is 5.75 Å². The third-order valence-electron chi connectivity index (χ3n) is 3.81. The van der Waals surface area contributed by atoms with Gasteiger partial charge in [0.1, 0.15) is 5.75 Å². The average Bonchev–Trinajstić information content (AvgIpc) is 2.53. The molecule has 1 rings (SSSR count). The summed E-state index contributed by atoms with van der Waals surface area (Å²) in [6, 6.07) is 6.60. The zero-order valence-corrected chi connectivity index (χ0v) is 14.7. The van der Waals surface area contributed by atoms with Crippen molar-refractivity contribution in [1.29, 1.82) is 0 Å². The van der Waals surface area contributed by atoms with Gasteiger partial charge in [-0.3, -0.25) is 0 Å². The van der Waals surface area contributed by atoms with E-state index in [2.05, 4.69) is 6.92 Å². The van der Waals surface area contributed by atoms with Gasteiger partial charge >= 0.3 is 0 Å². The molecule has 0 radical (unpaired) electrons. The molecule has 0 N–H and O–H groups in total. The molecule has 0 amide bonds. The van der Waals surface area contributed by atoms with E-state index in [1.807, 2.05) is 0 Å². The van der Waals surface area contributed by atoms with Crippen LogP contribution in [0.1, 0.15) is 71.1 Å². The SMILES string of the molecule is CCCCCCCCCCCCOc1ccc([SH](=O)=O)cc1. The van der Waals surface area contributed by atoms with E-state index in [-0.39, 0.29) is 0 Å². The van der Waals surface area contributed by atoms with Gasteiger partial charge in [-0.1, -0.05) is 64.7 Å². The van der Waals surface area contributed by atoms with Crippen LogP contribution < -0.4 is 4.74 Å². The maximum atomic E-state index is 10.8. The van der Waals surface area contributed by atoms with Crippen LogP contribution >= 0.6 is 0 Å². The number of unbranched alkanes of at least 4 members (excludes halogenated alkanes) is 9. The molecule has 4 heteroatoms. The highest BCUT2D eigenvalue weighted by Gasteiger charge is 1.97. The van der Waals surface area contributed by atoms with Crippen molar-refractivity contribution >= 4 is 10.7 Å². The van der Waals surface area contributed by atoms with Crippen LogP contribution in [0, 0.1) is 0 Å². The fraction of sp³-hybridized carbons (Fsp3) is 0.667. The van der Waals surface area contributed by atoms with Crippen molar-refractivity contribution < 1.29 is 13.2 Å². The molecule has 126 valence electrons. The summed E-state index contributed by atoms with van der Waals surface area (Å²) < 4.78 is 27.2. The summed E-state index contributed by atoms with van der Waals surface area (Å²) in [5.41, 5.74) is 0. The third-order valence-corrected chi connectivity index (χ3v) is 4.53. The minimum absolute atomic E-state index is 0.335. The Balaban J connectivity index is 1.95. The van der Waals surface area contributed by atoms with Gasteiger partial charge in [0, 0.05) is 0 Å². The van der Waals surface area contributed by atoms with Crippen molar-refractivity contribution in [3.05, 3.63) is 24.3 Å². The Kier molecular flexibility index (Phi) is 10.8. The van der Waals surface area contributed by atoms with E-state index in [9.17, 15) is 8.42 Å². The maximum Gasteiger partial charge on any atom is 0.168 e. The van der Waals surface area contributed by atoms with Crippen LogP contribution in [0.2, 0.25) is 0 Å². The first-order valence-corrected chi connectivity index (χ1v) is 9.79. The molecule has 3 nitrogen and oxygen atoms in total. The van der Waals surface area contributed by atoms with Crippen LogP contribution in [0.3, 0.4) is 0 Å². The van der Waals surface area contributed by atoms with Crippen LogP contribution in [0.15, 0.2) is 29.2 Å². The first-order chi connectivity index (χ1) is 10.7. The van der Waals surface area contributed by atoms with Crippen LogP contribution in [-0.4, -0.2) is 15.0 Å². The quantitative estimate of drug-likeness (QED) is 0.412. The van der Waals surface area contributed by atoms with E-state index in [0.29, 0.717) is 11.5 Å². The molecule has 22 heavy (non-hydrogen) atoms. The normalized spacial score (nSPS) is 11.0. The van der Waals surface area contributed by atoms with Gasteiger partial charge in [-0.05, 0) is 30.7 Å². The van der Waals surface area contributed by atoms with E-state index in [4.69, 9.17) is 4.74 Å². The highest BCUT2D eigenvalue weighted by molar-refractivity contribution is 7.72. The summed E-state index contributed by atoms with van der Waals surface area (Å²) in [6.45, 7) is 2.96. The third kappa shape index (κ3) is 9.08. The van der Waals surface area contributed by atoms with E-state index in [0.717, 1.165) is 12.2 Å². The molecule has 0 aliphatic carbocycles. The fourth-order valence-electron chi connectivity index (χ4n) is 2.44. The minimum Gasteiger partial charge on any atom is -0.494 e. The lowest BCUT2D eigenvalue weighted by molar-refractivity contribution is 0.304. The number of hydrogen-bond donors (Lipinski definition) is 1. The van der Waals surface area contributed by atoms with Crippen LogP contribution in [0.4, 0.5) is 0 Å². The van der Waals surface area contributed by atoms with Crippen molar-refractivity contribution in [1.82, 2.24) is 0 Å². The molecule has 0 spiro atoms. The van der Waals surface area contributed by atoms with Crippen molar-refractivity contribution in [3.8, 4) is 5.75 Å². The fourth-order valence-corrected chi connectivity index (χ4v) is 2.84. The second-order valence-electron chi connectivity index (χ2n) is 5.78. The molecule has 1 aromatic rings. The molecule has 0 heterocycles. The highest BCUT2D eigenvalue weighted by Crippen LogP contribution is 2.14. The predicted octanol–water partition coefficient (Wildman–Crippen LogP) is 4.96. The molecule has 0 aliphatic heterocycles. The summed E-state index contributed by atoms with van der Waals surface area (Å²) >= 11 is 0. The number of thiol groups is 1. The molecule has 0 saturated heterocycles. The van der Waals surface area contributed by atoms with Crippen molar-refractivity contribution in [2.75, 3.05) is 6.61 Å². The van der Waals surface area contributed by atoms with Crippen LogP contribution in [0.25, 0.3) is 0 Å². The van der Waals surface area contributed by atoms with E-state index < -0.39 is 10.7 Å². The van der Waals surface area contributed by atoms with Gasteiger partial charge in [0.25, 0.3) is 0 Å². The zero-order valence-electron chi connectivity index (χ0n) is 13.8. The Hall–Kier alpha value is -1.03. The van der Waals surface area contributed by atoms with Gasteiger partial charge in [0.2, 0.25) is 0 Å². The summed E-state index contributed by atoms with van der Waals surface area (Å²) in [5.74, 6) is 0.747. The molecule has 0 saturated carbocycles. The van der Waals surface area contributed by atoms with Gasteiger partial charge in [0.15, 0.2) is 10.7 Å². The van der Waals surface area contributed by atoms with Crippen molar-refractivity contribution in [2.45, 2.75) is 76.0 Å². The first kappa shape index (κ1) is 19.0. The first-order valence-electron chi connectivity index (χ1n) is 8.61. The Bertz CT molecular complexity index is 444. The molecule has 0 bridgehead atoms. The summed E-state index contributed by atoms with van der Waals surface area (Å²) in [6.07, 6.45) is 13.1. The lowest BCUT2D eigenvalue weighted by Crippen LogP contribution is -1.97. The number of benzene rings is 1. The summed E-state index contributed by atoms with van der Waals surface area (Å²) in [4.78, 5) is 0.335. The Morgan fingerprint density at radius 1 is 0.773 bits per heavy atom. The number of rotatable bonds is 13. The van der Waals surface area contributed by atoms with Crippen molar-refractivity contribution in [2.24, 2.45) is 0 Å². The number of ether oxygens (including phenoxy) is 1. The van der Waals surface area contributed by atoms with Gasteiger partial charge in [-0.25, -0.2) is 8.42 Å².